The number of fused-ring (bicyclic) bond motifs is 1. The fourth-order valence-corrected chi connectivity index (χ4v) is 3.42. The van der Waals surface area contributed by atoms with E-state index in [2.05, 4.69) is 19.1 Å². The second-order valence-corrected chi connectivity index (χ2v) is 6.40. The van der Waals surface area contributed by atoms with E-state index in [4.69, 9.17) is 0 Å². The van der Waals surface area contributed by atoms with Crippen molar-refractivity contribution in [2.24, 2.45) is 5.41 Å². The molecule has 3 heteroatoms. The zero-order chi connectivity index (χ0) is 13.0. The first-order valence-corrected chi connectivity index (χ1v) is 7.71. The van der Waals surface area contributed by atoms with Crippen LogP contribution in [0.4, 0.5) is 0 Å². The van der Waals surface area contributed by atoms with Crippen molar-refractivity contribution < 1.29 is 9.90 Å². The lowest BCUT2D eigenvalue weighted by molar-refractivity contribution is -0.148. The Hall–Kier alpha value is -0.960. The van der Waals surface area contributed by atoms with Crippen LogP contribution in [0, 0.1) is 5.41 Å². The molecule has 0 heterocycles. The van der Waals surface area contributed by atoms with Crippen molar-refractivity contribution in [2.45, 2.75) is 32.6 Å². The fraction of sp³-hybridized carbons (Fsp3) is 0.533. The van der Waals surface area contributed by atoms with Gasteiger partial charge >= 0.3 is 5.97 Å². The average Bonchev–Trinajstić information content (AvgIpc) is 2.74. The van der Waals surface area contributed by atoms with E-state index in [-0.39, 0.29) is 0 Å². The van der Waals surface area contributed by atoms with E-state index in [1.165, 1.54) is 11.1 Å². The van der Waals surface area contributed by atoms with Gasteiger partial charge in [0.15, 0.2) is 0 Å². The van der Waals surface area contributed by atoms with Gasteiger partial charge in [0.25, 0.3) is 0 Å². The van der Waals surface area contributed by atoms with E-state index in [0.29, 0.717) is 12.8 Å². The highest BCUT2D eigenvalue weighted by molar-refractivity contribution is 7.99. The number of aliphatic carboxylic acids is 1. The van der Waals surface area contributed by atoms with Crippen LogP contribution < -0.4 is 0 Å². The number of thioether (sulfide) groups is 1. The third-order valence-corrected chi connectivity index (χ3v) is 4.76. The molecule has 1 aromatic rings. The molecule has 0 aliphatic heterocycles. The smallest absolute Gasteiger partial charge is 0.310 e. The normalized spacial score (nSPS) is 16.5. The summed E-state index contributed by atoms with van der Waals surface area (Å²) in [6, 6.07) is 8.15. The van der Waals surface area contributed by atoms with Crippen molar-refractivity contribution in [3.05, 3.63) is 35.4 Å². The van der Waals surface area contributed by atoms with Crippen LogP contribution in [0.3, 0.4) is 0 Å². The van der Waals surface area contributed by atoms with Gasteiger partial charge in [0, 0.05) is 0 Å². The van der Waals surface area contributed by atoms with Gasteiger partial charge in [0.05, 0.1) is 5.41 Å². The van der Waals surface area contributed by atoms with Crippen molar-refractivity contribution in [1.82, 2.24) is 0 Å². The van der Waals surface area contributed by atoms with Crippen LogP contribution in [0.15, 0.2) is 24.3 Å². The summed E-state index contributed by atoms with van der Waals surface area (Å²) in [5.74, 6) is 1.56. The molecule has 2 rings (SSSR count). The monoisotopic (exact) mass is 264 g/mol. The van der Waals surface area contributed by atoms with Crippen LogP contribution in [0.1, 0.15) is 30.9 Å². The number of hydrogen-bond donors (Lipinski definition) is 1. The molecule has 0 aromatic heterocycles. The Bertz CT molecular complexity index is 403. The highest BCUT2D eigenvalue weighted by Crippen LogP contribution is 2.41. The van der Waals surface area contributed by atoms with Gasteiger partial charge in [-0.3, -0.25) is 4.79 Å². The summed E-state index contributed by atoms with van der Waals surface area (Å²) in [4.78, 5) is 11.6. The Labute approximate surface area is 113 Å². The Kier molecular flexibility index (Phi) is 4.33. The van der Waals surface area contributed by atoms with Gasteiger partial charge in [-0.2, -0.15) is 11.8 Å². The van der Waals surface area contributed by atoms with Crippen LogP contribution in [0.2, 0.25) is 0 Å². The van der Waals surface area contributed by atoms with Crippen molar-refractivity contribution in [1.29, 1.82) is 0 Å². The first-order chi connectivity index (χ1) is 8.68. The van der Waals surface area contributed by atoms with E-state index in [0.717, 1.165) is 24.3 Å². The molecule has 0 saturated heterocycles. The Morgan fingerprint density at radius 2 is 1.94 bits per heavy atom. The van der Waals surface area contributed by atoms with E-state index in [1.807, 2.05) is 23.9 Å². The van der Waals surface area contributed by atoms with Crippen molar-refractivity contribution in [2.75, 3.05) is 11.5 Å². The maximum absolute atomic E-state index is 11.6. The molecular formula is C15H20O2S. The first-order valence-electron chi connectivity index (χ1n) is 6.56. The summed E-state index contributed by atoms with van der Waals surface area (Å²) in [6.07, 6.45) is 3.20. The molecule has 0 amide bonds. The lowest BCUT2D eigenvalue weighted by Gasteiger charge is -2.23. The number of carboxylic acid groups (broad SMARTS) is 1. The van der Waals surface area contributed by atoms with Crippen molar-refractivity contribution in [3.8, 4) is 0 Å². The zero-order valence-electron chi connectivity index (χ0n) is 10.8. The molecule has 0 fully saturated rings. The predicted octanol–water partition coefficient (Wildman–Crippen LogP) is 3.39. The molecule has 1 aromatic carbocycles. The van der Waals surface area contributed by atoms with E-state index in [1.54, 1.807) is 0 Å². The standard InChI is InChI=1S/C15H20O2S/c1-2-18-9-5-8-15(14(16)17)10-12-6-3-4-7-13(12)11-15/h3-4,6-7H,2,5,8-11H2,1H3,(H,16,17). The largest absolute Gasteiger partial charge is 0.481 e. The molecule has 18 heavy (non-hydrogen) atoms. The summed E-state index contributed by atoms with van der Waals surface area (Å²) in [7, 11) is 0. The van der Waals surface area contributed by atoms with Gasteiger partial charge in [0.1, 0.15) is 0 Å². The van der Waals surface area contributed by atoms with Gasteiger partial charge in [-0.1, -0.05) is 31.2 Å². The number of benzene rings is 1. The average molecular weight is 264 g/mol. The molecule has 0 unspecified atom stereocenters. The van der Waals surface area contributed by atoms with E-state index >= 15 is 0 Å². The second-order valence-electron chi connectivity index (χ2n) is 5.01. The summed E-state index contributed by atoms with van der Waals surface area (Å²) in [5.41, 5.74) is 1.91. The molecule has 1 N–H and O–H groups in total. The minimum atomic E-state index is -0.625. The zero-order valence-corrected chi connectivity index (χ0v) is 11.6. The molecule has 0 atom stereocenters. The SMILES string of the molecule is CCSCCCC1(C(=O)O)Cc2ccccc2C1. The minimum absolute atomic E-state index is 0.544. The van der Waals surface area contributed by atoms with Gasteiger partial charge in [-0.05, 0) is 48.3 Å². The Morgan fingerprint density at radius 1 is 1.33 bits per heavy atom. The summed E-state index contributed by atoms with van der Waals surface area (Å²) in [6.45, 7) is 2.14. The third-order valence-electron chi connectivity index (χ3n) is 3.78. The number of hydrogen-bond acceptors (Lipinski definition) is 2. The molecule has 1 aliphatic carbocycles. The van der Waals surface area contributed by atoms with Crippen LogP contribution in [0.5, 0.6) is 0 Å². The van der Waals surface area contributed by atoms with Crippen LogP contribution in [-0.4, -0.2) is 22.6 Å². The highest BCUT2D eigenvalue weighted by Gasteiger charge is 2.43. The lowest BCUT2D eigenvalue weighted by atomic mass is 9.80. The first kappa shape index (κ1) is 13.5. The summed E-state index contributed by atoms with van der Waals surface area (Å²) < 4.78 is 0. The van der Waals surface area contributed by atoms with Crippen LogP contribution in [-0.2, 0) is 17.6 Å². The third kappa shape index (κ3) is 2.72. The molecule has 0 bridgehead atoms. The van der Waals surface area contributed by atoms with Crippen molar-refractivity contribution in [3.63, 3.8) is 0 Å². The maximum atomic E-state index is 11.6. The number of rotatable bonds is 6. The predicted molar refractivity (Wildman–Crippen MR) is 76.2 cm³/mol. The highest BCUT2D eigenvalue weighted by atomic mass is 32.2. The van der Waals surface area contributed by atoms with Gasteiger partial charge in [-0.25, -0.2) is 0 Å². The van der Waals surface area contributed by atoms with E-state index in [9.17, 15) is 9.90 Å². The quantitative estimate of drug-likeness (QED) is 0.800. The summed E-state index contributed by atoms with van der Waals surface area (Å²) >= 11 is 1.89. The van der Waals surface area contributed by atoms with Crippen LogP contribution >= 0.6 is 11.8 Å². The number of carbonyl (C=O) groups is 1. The molecule has 0 saturated carbocycles. The molecule has 0 radical (unpaired) electrons. The topological polar surface area (TPSA) is 37.3 Å². The van der Waals surface area contributed by atoms with Crippen molar-refractivity contribution >= 4 is 17.7 Å². The summed E-state index contributed by atoms with van der Waals surface area (Å²) in [5, 5.41) is 9.59. The molecule has 2 nitrogen and oxygen atoms in total. The minimum Gasteiger partial charge on any atom is -0.481 e. The van der Waals surface area contributed by atoms with Gasteiger partial charge in [-0.15, -0.1) is 0 Å². The Morgan fingerprint density at radius 3 is 2.44 bits per heavy atom. The molecule has 98 valence electrons. The number of carboxylic acids is 1. The van der Waals surface area contributed by atoms with Gasteiger partial charge in [0.2, 0.25) is 0 Å². The van der Waals surface area contributed by atoms with Crippen LogP contribution in [0.25, 0.3) is 0 Å². The Balaban J connectivity index is 2.05. The lowest BCUT2D eigenvalue weighted by Crippen LogP contribution is -2.32. The molecular weight excluding hydrogens is 244 g/mol. The molecule has 0 spiro atoms. The maximum Gasteiger partial charge on any atom is 0.310 e. The second kappa shape index (κ2) is 5.79. The molecule has 1 aliphatic rings. The fourth-order valence-electron chi connectivity index (χ4n) is 2.79. The van der Waals surface area contributed by atoms with Gasteiger partial charge < -0.3 is 5.11 Å². The van der Waals surface area contributed by atoms with E-state index < -0.39 is 11.4 Å².